The fraction of sp³-hybridized carbons (Fsp3) is 0.333. The molecule has 4 aromatic rings. The van der Waals surface area contributed by atoms with E-state index in [0.29, 0.717) is 65.5 Å². The van der Waals surface area contributed by atoms with Gasteiger partial charge in [0.15, 0.2) is 11.6 Å². The van der Waals surface area contributed by atoms with Crippen LogP contribution < -0.4 is 0 Å². The van der Waals surface area contributed by atoms with E-state index in [0.717, 1.165) is 0 Å². The zero-order valence-electron chi connectivity index (χ0n) is 31.4. The third-order valence-corrected chi connectivity index (χ3v) is 9.39. The zero-order valence-corrected chi connectivity index (χ0v) is 31.4. The second-order valence-corrected chi connectivity index (χ2v) is 13.4. The lowest BCUT2D eigenvalue weighted by Crippen LogP contribution is -2.43. The molecule has 0 amide bonds. The Labute approximate surface area is 321 Å². The highest BCUT2D eigenvalue weighted by molar-refractivity contribution is 6.09. The van der Waals surface area contributed by atoms with E-state index in [1.165, 1.54) is 0 Å². The van der Waals surface area contributed by atoms with Crippen LogP contribution in [0.4, 0.5) is 0 Å². The van der Waals surface area contributed by atoms with Gasteiger partial charge in [0.05, 0.1) is 25.6 Å². The van der Waals surface area contributed by atoms with Crippen molar-refractivity contribution in [2.45, 2.75) is 83.2 Å². The molecule has 0 bridgehead atoms. The molecule has 4 aromatic carbocycles. The van der Waals surface area contributed by atoms with E-state index in [2.05, 4.69) is 0 Å². The van der Waals surface area contributed by atoms with E-state index in [1.54, 1.807) is 111 Å². The molecule has 4 rings (SSSR count). The number of carboxylic acids is 1. The number of ether oxygens (including phenoxy) is 3. The van der Waals surface area contributed by atoms with Crippen LogP contribution >= 0.6 is 0 Å². The van der Waals surface area contributed by atoms with Crippen molar-refractivity contribution in [3.8, 4) is 0 Å². The van der Waals surface area contributed by atoms with Gasteiger partial charge in [-0.1, -0.05) is 104 Å². The standard InChI is InChI=1S/C45H48O10/c1-3-45(44(51)52,26-12-14-27-53-40(47)30-33-17-15-23-37(29-33)41(48)34-18-7-4-8-19-34)55-39(46)25-11-6-13-28-54-43(50)32(2)36-22-16-24-38(31-36)42(49)35-20-9-5-10-21-35/h4-5,7-10,15-24,29,31-32H,3,6,11-14,25-28,30H2,1-2H3,(H,51,52)/t32-,45+/m0/s1. The molecule has 0 heterocycles. The van der Waals surface area contributed by atoms with Gasteiger partial charge in [-0.15, -0.1) is 0 Å². The smallest absolute Gasteiger partial charge is 0.348 e. The van der Waals surface area contributed by atoms with Gasteiger partial charge in [-0.05, 0) is 75.1 Å². The zero-order chi connectivity index (χ0) is 39.6. The molecule has 0 unspecified atom stereocenters. The number of carbonyl (C=O) groups excluding carboxylic acids is 5. The second kappa shape index (κ2) is 21.1. The van der Waals surface area contributed by atoms with Crippen LogP contribution in [0.1, 0.15) is 114 Å². The minimum atomic E-state index is -1.69. The molecule has 10 nitrogen and oxygen atoms in total. The molecule has 0 aliphatic heterocycles. The average Bonchev–Trinajstić information content (AvgIpc) is 3.21. The number of carboxylic acid groups (broad SMARTS) is 1. The van der Waals surface area contributed by atoms with E-state index in [4.69, 9.17) is 14.2 Å². The van der Waals surface area contributed by atoms with Gasteiger partial charge in [0, 0.05) is 28.7 Å². The van der Waals surface area contributed by atoms with E-state index in [9.17, 15) is 33.9 Å². The lowest BCUT2D eigenvalue weighted by molar-refractivity contribution is -0.180. The lowest BCUT2D eigenvalue weighted by Gasteiger charge is -2.28. The molecule has 0 radical (unpaired) electrons. The number of esters is 3. The number of ketones is 2. The summed E-state index contributed by atoms with van der Waals surface area (Å²) in [6.45, 7) is 3.59. The summed E-state index contributed by atoms with van der Waals surface area (Å²) in [5.41, 5.74) is 1.69. The maximum Gasteiger partial charge on any atom is 0.348 e. The Morgan fingerprint density at radius 3 is 1.80 bits per heavy atom. The molecule has 0 aromatic heterocycles. The van der Waals surface area contributed by atoms with Crippen molar-refractivity contribution in [3.63, 3.8) is 0 Å². The predicted octanol–water partition coefficient (Wildman–Crippen LogP) is 8.09. The first-order valence-electron chi connectivity index (χ1n) is 18.7. The Balaban J connectivity index is 1.12. The summed E-state index contributed by atoms with van der Waals surface area (Å²) in [6, 6.07) is 31.5. The second-order valence-electron chi connectivity index (χ2n) is 13.4. The van der Waals surface area contributed by atoms with Crippen LogP contribution in [0, 0.1) is 0 Å². The quantitative estimate of drug-likeness (QED) is 0.0362. The third kappa shape index (κ3) is 12.6. The summed E-state index contributed by atoms with van der Waals surface area (Å²) in [7, 11) is 0. The summed E-state index contributed by atoms with van der Waals surface area (Å²) in [4.78, 5) is 75.7. The van der Waals surface area contributed by atoms with Crippen molar-refractivity contribution in [1.82, 2.24) is 0 Å². The lowest BCUT2D eigenvalue weighted by atomic mass is 9.93. The number of hydrogen-bond acceptors (Lipinski definition) is 9. The number of unbranched alkanes of at least 4 members (excludes halogenated alkanes) is 3. The topological polar surface area (TPSA) is 150 Å². The molecule has 288 valence electrons. The first kappa shape index (κ1) is 41.9. The highest BCUT2D eigenvalue weighted by atomic mass is 16.6. The minimum Gasteiger partial charge on any atom is -0.478 e. The van der Waals surface area contributed by atoms with Gasteiger partial charge in [-0.3, -0.25) is 24.0 Å². The summed E-state index contributed by atoms with van der Waals surface area (Å²) >= 11 is 0. The Kier molecular flexibility index (Phi) is 16.1. The SMILES string of the molecule is CC[C@](CCCCOC(=O)Cc1cccc(C(=O)c2ccccc2)c1)(OC(=O)CCCCCOC(=O)[C@@H](C)c1cccc(C(=O)c2ccccc2)c1)C(=O)O. The van der Waals surface area contributed by atoms with Gasteiger partial charge in [-0.25, -0.2) is 4.79 Å². The number of benzene rings is 4. The van der Waals surface area contributed by atoms with Crippen molar-refractivity contribution in [1.29, 1.82) is 0 Å². The van der Waals surface area contributed by atoms with E-state index < -0.39 is 35.4 Å². The van der Waals surface area contributed by atoms with E-state index >= 15 is 0 Å². The van der Waals surface area contributed by atoms with Crippen LogP contribution in [-0.2, 0) is 39.8 Å². The Morgan fingerprint density at radius 2 is 1.18 bits per heavy atom. The highest BCUT2D eigenvalue weighted by Gasteiger charge is 2.40. The van der Waals surface area contributed by atoms with Crippen LogP contribution in [0.5, 0.6) is 0 Å². The van der Waals surface area contributed by atoms with Crippen molar-refractivity contribution in [2.75, 3.05) is 13.2 Å². The summed E-state index contributed by atoms with van der Waals surface area (Å²) in [6.07, 6.45) is 2.34. The third-order valence-electron chi connectivity index (χ3n) is 9.39. The van der Waals surface area contributed by atoms with Crippen LogP contribution in [0.15, 0.2) is 109 Å². The molecule has 2 atom stereocenters. The first-order chi connectivity index (χ1) is 26.5. The van der Waals surface area contributed by atoms with Crippen LogP contribution in [0.25, 0.3) is 0 Å². The number of rotatable bonds is 22. The molecule has 0 aliphatic carbocycles. The van der Waals surface area contributed by atoms with Gasteiger partial charge in [0.2, 0.25) is 5.60 Å². The van der Waals surface area contributed by atoms with Gasteiger partial charge < -0.3 is 19.3 Å². The van der Waals surface area contributed by atoms with Crippen LogP contribution in [0.3, 0.4) is 0 Å². The first-order valence-corrected chi connectivity index (χ1v) is 18.7. The Morgan fingerprint density at radius 1 is 0.618 bits per heavy atom. The Bertz CT molecular complexity index is 1920. The molecular formula is C45H48O10. The van der Waals surface area contributed by atoms with Crippen LogP contribution in [0.2, 0.25) is 0 Å². The minimum absolute atomic E-state index is 0.0113. The number of hydrogen-bond donors (Lipinski definition) is 1. The van der Waals surface area contributed by atoms with Crippen molar-refractivity contribution in [2.24, 2.45) is 0 Å². The largest absolute Gasteiger partial charge is 0.478 e. The molecule has 55 heavy (non-hydrogen) atoms. The molecule has 0 fully saturated rings. The predicted molar refractivity (Wildman–Crippen MR) is 206 cm³/mol. The van der Waals surface area contributed by atoms with Crippen molar-refractivity contribution in [3.05, 3.63) is 143 Å². The maximum absolute atomic E-state index is 12.8. The molecule has 1 N–H and O–H groups in total. The Hall–Kier alpha value is -5.90. The van der Waals surface area contributed by atoms with Gasteiger partial charge in [0.25, 0.3) is 0 Å². The molecule has 10 heteroatoms. The monoisotopic (exact) mass is 748 g/mol. The number of aliphatic carboxylic acids is 1. The maximum atomic E-state index is 12.8. The van der Waals surface area contributed by atoms with Crippen molar-refractivity contribution < 1.29 is 48.1 Å². The summed E-state index contributed by atoms with van der Waals surface area (Å²) in [5, 5.41) is 9.98. The molecular weight excluding hydrogens is 700 g/mol. The normalized spacial score (nSPS) is 12.5. The molecule has 0 saturated heterocycles. The van der Waals surface area contributed by atoms with Gasteiger partial charge in [0.1, 0.15) is 0 Å². The van der Waals surface area contributed by atoms with Gasteiger partial charge in [-0.2, -0.15) is 0 Å². The van der Waals surface area contributed by atoms with Crippen molar-refractivity contribution >= 4 is 35.4 Å². The fourth-order valence-corrected chi connectivity index (χ4v) is 6.05. The van der Waals surface area contributed by atoms with Gasteiger partial charge >= 0.3 is 23.9 Å². The number of carbonyl (C=O) groups is 6. The van der Waals surface area contributed by atoms with E-state index in [-0.39, 0.29) is 50.5 Å². The molecule has 0 aliphatic rings. The average molecular weight is 749 g/mol. The van der Waals surface area contributed by atoms with Crippen LogP contribution in [-0.4, -0.2) is 59.4 Å². The van der Waals surface area contributed by atoms with E-state index in [1.807, 2.05) is 12.1 Å². The highest BCUT2D eigenvalue weighted by Crippen LogP contribution is 2.26. The fourth-order valence-electron chi connectivity index (χ4n) is 6.05. The summed E-state index contributed by atoms with van der Waals surface area (Å²) in [5.74, 6) is -3.60. The molecule has 0 saturated carbocycles. The summed E-state index contributed by atoms with van der Waals surface area (Å²) < 4.78 is 16.3. The molecule has 0 spiro atoms.